The van der Waals surface area contributed by atoms with Gasteiger partial charge in [0, 0.05) is 32.5 Å². The lowest BCUT2D eigenvalue weighted by Crippen LogP contribution is -2.30. The van der Waals surface area contributed by atoms with Crippen molar-refractivity contribution in [1.29, 1.82) is 0 Å². The molecule has 1 N–H and O–H groups in total. The average Bonchev–Trinajstić information content (AvgIpc) is 2.87. The molecule has 1 aliphatic heterocycles. The number of amides is 1. The second-order valence-corrected chi connectivity index (χ2v) is 5.42. The van der Waals surface area contributed by atoms with Crippen LogP contribution in [-0.2, 0) is 16.0 Å². The first-order valence-corrected chi connectivity index (χ1v) is 7.21. The molecule has 0 spiro atoms. The Balaban J connectivity index is 1.84. The van der Waals surface area contributed by atoms with Gasteiger partial charge in [0.1, 0.15) is 5.75 Å². The van der Waals surface area contributed by atoms with Gasteiger partial charge in [0.15, 0.2) is 0 Å². The molecular formula is C16H23NO4. The van der Waals surface area contributed by atoms with Gasteiger partial charge in [-0.15, -0.1) is 0 Å². The molecule has 1 aliphatic rings. The molecule has 0 saturated carbocycles. The van der Waals surface area contributed by atoms with Crippen molar-refractivity contribution in [3.8, 4) is 5.75 Å². The Morgan fingerprint density at radius 1 is 1.33 bits per heavy atom. The van der Waals surface area contributed by atoms with Gasteiger partial charge in [-0.1, -0.05) is 12.1 Å². The van der Waals surface area contributed by atoms with Crippen molar-refractivity contribution in [3.05, 3.63) is 29.8 Å². The zero-order valence-electron chi connectivity index (χ0n) is 12.6. The summed E-state index contributed by atoms with van der Waals surface area (Å²) >= 11 is 0. The summed E-state index contributed by atoms with van der Waals surface area (Å²) in [6.45, 7) is 1.57. The molecule has 1 amide bonds. The molecule has 0 unspecified atom stereocenters. The molecule has 1 saturated heterocycles. The van der Waals surface area contributed by atoms with Crippen molar-refractivity contribution in [2.75, 3.05) is 33.9 Å². The van der Waals surface area contributed by atoms with E-state index in [4.69, 9.17) is 9.47 Å². The molecule has 1 heterocycles. The summed E-state index contributed by atoms with van der Waals surface area (Å²) in [6, 6.07) is 7.87. The molecule has 0 bridgehead atoms. The van der Waals surface area contributed by atoms with Crippen LogP contribution in [-0.4, -0.2) is 55.9 Å². The highest BCUT2D eigenvalue weighted by Gasteiger charge is 2.33. The van der Waals surface area contributed by atoms with Crippen molar-refractivity contribution >= 4 is 5.91 Å². The van der Waals surface area contributed by atoms with Gasteiger partial charge in [0.2, 0.25) is 5.91 Å². The lowest BCUT2D eigenvalue weighted by molar-refractivity contribution is -0.127. The Morgan fingerprint density at radius 2 is 2.05 bits per heavy atom. The van der Waals surface area contributed by atoms with Gasteiger partial charge in [0.25, 0.3) is 0 Å². The zero-order chi connectivity index (χ0) is 15.2. The van der Waals surface area contributed by atoms with Crippen LogP contribution in [0.4, 0.5) is 0 Å². The molecular weight excluding hydrogens is 270 g/mol. The van der Waals surface area contributed by atoms with Crippen molar-refractivity contribution in [2.24, 2.45) is 5.92 Å². The minimum atomic E-state index is -0.565. The summed E-state index contributed by atoms with van der Waals surface area (Å²) in [4.78, 5) is 13.8. The van der Waals surface area contributed by atoms with Gasteiger partial charge in [-0.2, -0.15) is 0 Å². The number of rotatable bonds is 7. The Labute approximate surface area is 125 Å². The second-order valence-electron chi connectivity index (χ2n) is 5.42. The quantitative estimate of drug-likeness (QED) is 0.817. The largest absolute Gasteiger partial charge is 0.497 e. The van der Waals surface area contributed by atoms with Gasteiger partial charge in [-0.05, 0) is 24.1 Å². The number of aliphatic hydroxyl groups excluding tert-OH is 1. The molecule has 2 rings (SSSR count). The molecule has 0 aromatic heterocycles. The monoisotopic (exact) mass is 293 g/mol. The van der Waals surface area contributed by atoms with E-state index in [1.165, 1.54) is 5.56 Å². The summed E-state index contributed by atoms with van der Waals surface area (Å²) in [5.41, 5.74) is 1.17. The van der Waals surface area contributed by atoms with Crippen LogP contribution in [0.1, 0.15) is 12.0 Å². The lowest BCUT2D eigenvalue weighted by Gasteiger charge is -2.19. The maximum absolute atomic E-state index is 12.0. The van der Waals surface area contributed by atoms with Crippen molar-refractivity contribution < 1.29 is 19.4 Å². The first-order chi connectivity index (χ1) is 10.1. The van der Waals surface area contributed by atoms with Crippen molar-refractivity contribution in [2.45, 2.75) is 18.9 Å². The summed E-state index contributed by atoms with van der Waals surface area (Å²) < 4.78 is 10.1. The second kappa shape index (κ2) is 7.43. The third kappa shape index (κ3) is 4.19. The van der Waals surface area contributed by atoms with Crippen molar-refractivity contribution in [3.63, 3.8) is 0 Å². The number of carbonyl (C=O) groups excluding carboxylic acids is 1. The summed E-state index contributed by atoms with van der Waals surface area (Å²) in [5.74, 6) is 0.927. The molecule has 21 heavy (non-hydrogen) atoms. The van der Waals surface area contributed by atoms with Gasteiger partial charge < -0.3 is 19.5 Å². The fourth-order valence-corrected chi connectivity index (χ4v) is 2.64. The fourth-order valence-electron chi connectivity index (χ4n) is 2.64. The smallest absolute Gasteiger partial charge is 0.223 e. The number of hydrogen-bond acceptors (Lipinski definition) is 4. The number of ether oxygens (including phenoxy) is 2. The average molecular weight is 293 g/mol. The molecule has 0 aliphatic carbocycles. The highest BCUT2D eigenvalue weighted by Crippen LogP contribution is 2.22. The van der Waals surface area contributed by atoms with E-state index >= 15 is 0 Å². The third-order valence-electron chi connectivity index (χ3n) is 3.96. The maximum Gasteiger partial charge on any atom is 0.223 e. The maximum atomic E-state index is 12.0. The van der Waals surface area contributed by atoms with Gasteiger partial charge in [-0.3, -0.25) is 4.79 Å². The zero-order valence-corrected chi connectivity index (χ0v) is 12.6. The van der Waals surface area contributed by atoms with Crippen LogP contribution in [0.3, 0.4) is 0 Å². The molecule has 5 nitrogen and oxygen atoms in total. The number of hydrogen-bond donors (Lipinski definition) is 1. The standard InChI is InChI=1S/C16H23NO4/c1-20-11-15(18)13-9-16(19)17(10-13)8-7-12-3-5-14(21-2)6-4-12/h3-6,13,15,18H,7-11H2,1-2H3/t13-,15-/m1/s1. The van der Waals surface area contributed by atoms with E-state index in [2.05, 4.69) is 0 Å². The number of benzene rings is 1. The summed E-state index contributed by atoms with van der Waals surface area (Å²) in [6.07, 6.45) is 0.653. The van der Waals surface area contributed by atoms with E-state index in [-0.39, 0.29) is 18.4 Å². The van der Waals surface area contributed by atoms with E-state index in [9.17, 15) is 9.90 Å². The van der Waals surface area contributed by atoms with E-state index in [1.807, 2.05) is 29.2 Å². The van der Waals surface area contributed by atoms with Gasteiger partial charge in [0.05, 0.1) is 19.8 Å². The Hall–Kier alpha value is -1.59. The normalized spacial score (nSPS) is 19.9. The molecule has 5 heteroatoms. The molecule has 1 fully saturated rings. The molecule has 1 aromatic carbocycles. The summed E-state index contributed by atoms with van der Waals surface area (Å²) in [7, 11) is 3.20. The third-order valence-corrected chi connectivity index (χ3v) is 3.96. The highest BCUT2D eigenvalue weighted by molar-refractivity contribution is 5.78. The van der Waals surface area contributed by atoms with Gasteiger partial charge in [-0.25, -0.2) is 0 Å². The predicted octanol–water partition coefficient (Wildman–Crippen LogP) is 1.09. The van der Waals surface area contributed by atoms with E-state index in [0.29, 0.717) is 19.5 Å². The molecule has 116 valence electrons. The number of aliphatic hydroxyl groups is 1. The first-order valence-electron chi connectivity index (χ1n) is 7.21. The minimum absolute atomic E-state index is 0.0201. The molecule has 1 aromatic rings. The topological polar surface area (TPSA) is 59.0 Å². The molecule has 0 radical (unpaired) electrons. The van der Waals surface area contributed by atoms with Gasteiger partial charge >= 0.3 is 0 Å². The number of nitrogens with zero attached hydrogens (tertiary/aromatic N) is 1. The Morgan fingerprint density at radius 3 is 2.67 bits per heavy atom. The predicted molar refractivity (Wildman–Crippen MR) is 79.3 cm³/mol. The number of carbonyl (C=O) groups is 1. The minimum Gasteiger partial charge on any atom is -0.497 e. The van der Waals surface area contributed by atoms with Crippen LogP contribution in [0.5, 0.6) is 5.75 Å². The summed E-state index contributed by atoms with van der Waals surface area (Å²) in [5, 5.41) is 9.91. The van der Waals surface area contributed by atoms with Crippen LogP contribution < -0.4 is 4.74 Å². The van der Waals surface area contributed by atoms with Crippen LogP contribution in [0.15, 0.2) is 24.3 Å². The van der Waals surface area contributed by atoms with Crippen LogP contribution in [0.25, 0.3) is 0 Å². The highest BCUT2D eigenvalue weighted by atomic mass is 16.5. The Kier molecular flexibility index (Phi) is 5.59. The van der Waals surface area contributed by atoms with E-state index in [0.717, 1.165) is 12.2 Å². The lowest BCUT2D eigenvalue weighted by atomic mass is 10.0. The van der Waals surface area contributed by atoms with E-state index < -0.39 is 6.10 Å². The number of likely N-dealkylation sites (tertiary alicyclic amines) is 1. The van der Waals surface area contributed by atoms with Crippen LogP contribution in [0.2, 0.25) is 0 Å². The van der Waals surface area contributed by atoms with Crippen LogP contribution in [0, 0.1) is 5.92 Å². The molecule has 2 atom stereocenters. The SMILES string of the molecule is COC[C@@H](O)[C@@H]1CC(=O)N(CCc2ccc(OC)cc2)C1. The first kappa shape index (κ1) is 15.8. The fraction of sp³-hybridized carbons (Fsp3) is 0.562. The van der Waals surface area contributed by atoms with E-state index in [1.54, 1.807) is 14.2 Å². The Bertz CT molecular complexity index is 460. The van der Waals surface area contributed by atoms with Crippen LogP contribution >= 0.6 is 0 Å². The van der Waals surface area contributed by atoms with Crippen molar-refractivity contribution in [1.82, 2.24) is 4.90 Å². The number of methoxy groups -OCH3 is 2.